The van der Waals surface area contributed by atoms with Crippen molar-refractivity contribution in [2.75, 3.05) is 51.7 Å². The van der Waals surface area contributed by atoms with Crippen LogP contribution in [0.15, 0.2) is 18.3 Å². The van der Waals surface area contributed by atoms with Crippen molar-refractivity contribution in [3.8, 4) is 0 Å². The standard InChI is InChI=1S/C15H25N5O/c1-4-19(5-2)15(21)14-12-13(6-7-16-14)17-20-10-8-18(3)9-11-20/h6-7,12H,4-5,8-11H2,1-3H3,(H,16,17). The van der Waals surface area contributed by atoms with Crippen LogP contribution in [-0.2, 0) is 0 Å². The second-order valence-electron chi connectivity index (χ2n) is 5.31. The molecule has 0 aliphatic carbocycles. The smallest absolute Gasteiger partial charge is 0.272 e. The summed E-state index contributed by atoms with van der Waals surface area (Å²) in [5.74, 6) is -0.0120. The van der Waals surface area contributed by atoms with Gasteiger partial charge in [-0.1, -0.05) is 0 Å². The molecule has 1 aromatic rings. The van der Waals surface area contributed by atoms with Gasteiger partial charge in [0.15, 0.2) is 0 Å². The molecule has 116 valence electrons. The van der Waals surface area contributed by atoms with Crippen LogP contribution < -0.4 is 5.43 Å². The molecule has 0 saturated carbocycles. The molecule has 0 unspecified atom stereocenters. The van der Waals surface area contributed by atoms with Crippen LogP contribution in [0.3, 0.4) is 0 Å². The molecule has 1 saturated heterocycles. The highest BCUT2D eigenvalue weighted by atomic mass is 16.2. The summed E-state index contributed by atoms with van der Waals surface area (Å²) in [5, 5.41) is 2.18. The van der Waals surface area contributed by atoms with Gasteiger partial charge >= 0.3 is 0 Å². The molecule has 0 radical (unpaired) electrons. The first-order chi connectivity index (χ1) is 10.1. The SMILES string of the molecule is CCN(CC)C(=O)c1cc(NN2CCN(C)CC2)ccn1. The fraction of sp³-hybridized carbons (Fsp3) is 0.600. The number of hydrogen-bond donors (Lipinski definition) is 1. The number of rotatable bonds is 5. The van der Waals surface area contributed by atoms with E-state index in [9.17, 15) is 4.79 Å². The van der Waals surface area contributed by atoms with Gasteiger partial charge in [0.1, 0.15) is 5.69 Å². The number of carbonyl (C=O) groups is 1. The highest BCUT2D eigenvalue weighted by Gasteiger charge is 2.16. The maximum atomic E-state index is 12.3. The maximum absolute atomic E-state index is 12.3. The summed E-state index contributed by atoms with van der Waals surface area (Å²) in [7, 11) is 2.13. The van der Waals surface area contributed by atoms with Gasteiger partial charge in [-0.2, -0.15) is 0 Å². The van der Waals surface area contributed by atoms with Gasteiger partial charge in [0.25, 0.3) is 5.91 Å². The Hall–Kier alpha value is -1.66. The van der Waals surface area contributed by atoms with Gasteiger partial charge in [-0.25, -0.2) is 5.01 Å². The third kappa shape index (κ3) is 4.15. The largest absolute Gasteiger partial charge is 0.338 e. The van der Waals surface area contributed by atoms with Crippen molar-refractivity contribution in [1.29, 1.82) is 0 Å². The Morgan fingerprint density at radius 3 is 2.57 bits per heavy atom. The Morgan fingerprint density at radius 1 is 1.29 bits per heavy atom. The molecule has 0 atom stereocenters. The first-order valence-electron chi connectivity index (χ1n) is 7.59. The molecule has 1 aliphatic rings. The lowest BCUT2D eigenvalue weighted by Gasteiger charge is -2.33. The third-order valence-electron chi connectivity index (χ3n) is 3.82. The van der Waals surface area contributed by atoms with Crippen LogP contribution >= 0.6 is 0 Å². The van der Waals surface area contributed by atoms with Gasteiger partial charge in [-0.15, -0.1) is 0 Å². The van der Waals surface area contributed by atoms with Crippen molar-refractivity contribution in [3.63, 3.8) is 0 Å². The van der Waals surface area contributed by atoms with E-state index in [4.69, 9.17) is 0 Å². The number of aromatic nitrogens is 1. The Bertz CT molecular complexity index is 467. The topological polar surface area (TPSA) is 51.7 Å². The number of pyridine rings is 1. The zero-order valence-electron chi connectivity index (χ0n) is 13.2. The number of nitrogens with one attached hydrogen (secondary N) is 1. The van der Waals surface area contributed by atoms with E-state index in [1.807, 2.05) is 26.0 Å². The summed E-state index contributed by atoms with van der Waals surface area (Å²) in [5.41, 5.74) is 4.79. The normalized spacial score (nSPS) is 16.7. The number of anilines is 1. The summed E-state index contributed by atoms with van der Waals surface area (Å²) < 4.78 is 0. The van der Waals surface area contributed by atoms with Gasteiger partial charge in [0.2, 0.25) is 0 Å². The lowest BCUT2D eigenvalue weighted by molar-refractivity contribution is 0.0767. The number of nitrogens with zero attached hydrogens (tertiary/aromatic N) is 4. The molecular weight excluding hydrogens is 266 g/mol. The first kappa shape index (κ1) is 15.7. The van der Waals surface area contributed by atoms with E-state index in [0.717, 1.165) is 31.9 Å². The summed E-state index contributed by atoms with van der Waals surface area (Å²) in [4.78, 5) is 20.6. The molecular formula is C15H25N5O. The highest BCUT2D eigenvalue weighted by Crippen LogP contribution is 2.12. The fourth-order valence-electron chi connectivity index (χ4n) is 2.39. The van der Waals surface area contributed by atoms with Crippen molar-refractivity contribution in [2.45, 2.75) is 13.8 Å². The molecule has 21 heavy (non-hydrogen) atoms. The van der Waals surface area contributed by atoms with Crippen LogP contribution in [0.25, 0.3) is 0 Å². The highest BCUT2D eigenvalue weighted by molar-refractivity contribution is 5.93. The second-order valence-corrected chi connectivity index (χ2v) is 5.31. The van der Waals surface area contributed by atoms with E-state index in [1.165, 1.54) is 0 Å². The molecule has 2 heterocycles. The maximum Gasteiger partial charge on any atom is 0.272 e. The molecule has 6 heteroatoms. The summed E-state index contributed by atoms with van der Waals surface area (Å²) >= 11 is 0. The van der Waals surface area contributed by atoms with E-state index in [1.54, 1.807) is 11.1 Å². The van der Waals surface area contributed by atoms with Crippen LogP contribution in [0.2, 0.25) is 0 Å². The average Bonchev–Trinajstić information content (AvgIpc) is 2.51. The number of carbonyl (C=O) groups excluding carboxylic acids is 1. The van der Waals surface area contributed by atoms with Crippen molar-refractivity contribution < 1.29 is 4.79 Å². The number of hydrogen-bond acceptors (Lipinski definition) is 5. The van der Waals surface area contributed by atoms with Crippen molar-refractivity contribution in [1.82, 2.24) is 19.8 Å². The molecule has 0 aromatic carbocycles. The average molecular weight is 291 g/mol. The minimum atomic E-state index is -0.0120. The van der Waals surface area contributed by atoms with Gasteiger partial charge in [-0.3, -0.25) is 9.78 Å². The quantitative estimate of drug-likeness (QED) is 0.881. The third-order valence-corrected chi connectivity index (χ3v) is 3.82. The Kier molecular flexibility index (Phi) is 5.52. The van der Waals surface area contributed by atoms with Crippen LogP contribution in [0.4, 0.5) is 5.69 Å². The molecule has 6 nitrogen and oxygen atoms in total. The first-order valence-corrected chi connectivity index (χ1v) is 7.59. The minimum absolute atomic E-state index is 0.0120. The lowest BCUT2D eigenvalue weighted by atomic mass is 10.3. The Morgan fingerprint density at radius 2 is 1.95 bits per heavy atom. The van der Waals surface area contributed by atoms with E-state index in [-0.39, 0.29) is 5.91 Å². The number of likely N-dealkylation sites (N-methyl/N-ethyl adjacent to an activating group) is 1. The molecule has 1 N–H and O–H groups in total. The number of amides is 1. The molecule has 0 spiro atoms. The van der Waals surface area contributed by atoms with Crippen LogP contribution in [0.1, 0.15) is 24.3 Å². The fourth-order valence-corrected chi connectivity index (χ4v) is 2.39. The molecule has 1 fully saturated rings. The predicted molar refractivity (Wildman–Crippen MR) is 84.2 cm³/mol. The van der Waals surface area contributed by atoms with Crippen LogP contribution in [0.5, 0.6) is 0 Å². The second kappa shape index (κ2) is 7.38. The van der Waals surface area contributed by atoms with Crippen molar-refractivity contribution in [2.24, 2.45) is 0 Å². The van der Waals surface area contributed by atoms with E-state index < -0.39 is 0 Å². The van der Waals surface area contributed by atoms with E-state index >= 15 is 0 Å². The minimum Gasteiger partial charge on any atom is -0.338 e. The molecule has 1 amide bonds. The molecule has 2 rings (SSSR count). The molecule has 0 bridgehead atoms. The van der Waals surface area contributed by atoms with E-state index in [0.29, 0.717) is 18.8 Å². The van der Waals surface area contributed by atoms with Gasteiger partial charge < -0.3 is 15.2 Å². The summed E-state index contributed by atoms with van der Waals surface area (Å²) in [6.07, 6.45) is 1.69. The van der Waals surface area contributed by atoms with Gasteiger partial charge in [0, 0.05) is 45.5 Å². The lowest BCUT2D eigenvalue weighted by Crippen LogP contribution is -2.46. The number of hydrazine groups is 1. The Labute approximate surface area is 126 Å². The van der Waals surface area contributed by atoms with Gasteiger partial charge in [0.05, 0.1) is 5.69 Å². The van der Waals surface area contributed by atoms with Crippen LogP contribution in [-0.4, -0.2) is 72.0 Å². The Balaban J connectivity index is 2.02. The zero-order valence-corrected chi connectivity index (χ0v) is 13.2. The summed E-state index contributed by atoms with van der Waals surface area (Å²) in [6.45, 7) is 9.39. The van der Waals surface area contributed by atoms with Gasteiger partial charge in [-0.05, 0) is 33.0 Å². The van der Waals surface area contributed by atoms with E-state index in [2.05, 4.69) is 27.4 Å². The predicted octanol–water partition coefficient (Wildman–Crippen LogP) is 1.14. The summed E-state index contributed by atoms with van der Waals surface area (Å²) in [6, 6.07) is 3.73. The van der Waals surface area contributed by atoms with Crippen LogP contribution in [0, 0.1) is 0 Å². The van der Waals surface area contributed by atoms with Crippen molar-refractivity contribution >= 4 is 11.6 Å². The monoisotopic (exact) mass is 291 g/mol. The van der Waals surface area contributed by atoms with Crippen molar-refractivity contribution in [3.05, 3.63) is 24.0 Å². The molecule has 1 aliphatic heterocycles. The zero-order chi connectivity index (χ0) is 15.2. The molecule has 1 aromatic heterocycles. The number of piperazine rings is 1.